The van der Waals surface area contributed by atoms with Crippen LogP contribution in [-0.4, -0.2) is 33.5 Å². The van der Waals surface area contributed by atoms with Crippen molar-refractivity contribution in [2.45, 2.75) is 51.5 Å². The van der Waals surface area contributed by atoms with Crippen molar-refractivity contribution in [2.75, 3.05) is 18.4 Å². The van der Waals surface area contributed by atoms with Crippen molar-refractivity contribution in [1.29, 1.82) is 0 Å². The smallest absolute Gasteiger partial charge is 0.255 e. The quantitative estimate of drug-likeness (QED) is 0.606. The number of hydrogen-bond donors (Lipinski definition) is 3. The van der Waals surface area contributed by atoms with Crippen LogP contribution in [0.3, 0.4) is 0 Å². The van der Waals surface area contributed by atoms with Crippen LogP contribution in [-0.2, 0) is 10.0 Å². The maximum absolute atomic E-state index is 13.1. The molecule has 2 aromatic carbocycles. The van der Waals surface area contributed by atoms with Crippen LogP contribution in [0.1, 0.15) is 48.2 Å². The van der Waals surface area contributed by atoms with E-state index in [0.29, 0.717) is 22.7 Å². The summed E-state index contributed by atoms with van der Waals surface area (Å²) >= 11 is 0. The van der Waals surface area contributed by atoms with Gasteiger partial charge >= 0.3 is 0 Å². The summed E-state index contributed by atoms with van der Waals surface area (Å²) in [4.78, 5) is 12.8. The number of anilines is 1. The van der Waals surface area contributed by atoms with Gasteiger partial charge < -0.3 is 10.6 Å². The first-order chi connectivity index (χ1) is 14.7. The fourth-order valence-corrected chi connectivity index (χ4v) is 5.73. The van der Waals surface area contributed by atoms with Gasteiger partial charge in [-0.05, 0) is 87.0 Å². The van der Waals surface area contributed by atoms with Gasteiger partial charge in [-0.1, -0.05) is 32.0 Å². The van der Waals surface area contributed by atoms with Crippen LogP contribution in [0.4, 0.5) is 5.69 Å². The van der Waals surface area contributed by atoms with Crippen molar-refractivity contribution in [3.63, 3.8) is 0 Å². The third-order valence-corrected chi connectivity index (χ3v) is 7.50. The summed E-state index contributed by atoms with van der Waals surface area (Å²) in [5.41, 5.74) is 2.79. The monoisotopic (exact) mass is 443 g/mol. The maximum atomic E-state index is 13.1. The van der Waals surface area contributed by atoms with Crippen molar-refractivity contribution in [1.82, 2.24) is 10.0 Å². The second-order valence-electron chi connectivity index (χ2n) is 8.72. The topological polar surface area (TPSA) is 87.3 Å². The number of carbonyl (C=O) groups is 1. The van der Waals surface area contributed by atoms with Gasteiger partial charge in [-0.25, -0.2) is 13.1 Å². The van der Waals surface area contributed by atoms with Gasteiger partial charge in [0.1, 0.15) is 0 Å². The first-order valence-corrected chi connectivity index (χ1v) is 12.4. The highest BCUT2D eigenvalue weighted by atomic mass is 32.2. The lowest BCUT2D eigenvalue weighted by atomic mass is 9.85. The number of piperidine rings is 1. The zero-order valence-corrected chi connectivity index (χ0v) is 19.6. The molecule has 1 aliphatic heterocycles. The molecule has 0 saturated carbocycles. The number of benzene rings is 2. The largest absolute Gasteiger partial charge is 0.322 e. The van der Waals surface area contributed by atoms with Gasteiger partial charge in [0.25, 0.3) is 5.91 Å². The predicted molar refractivity (Wildman–Crippen MR) is 125 cm³/mol. The van der Waals surface area contributed by atoms with Gasteiger partial charge in [0.15, 0.2) is 0 Å². The Hall–Kier alpha value is -2.22. The number of rotatable bonds is 7. The van der Waals surface area contributed by atoms with Gasteiger partial charge in [-0.3, -0.25) is 4.79 Å². The molecular formula is C24H33N3O3S. The predicted octanol–water partition coefficient (Wildman–Crippen LogP) is 3.86. The summed E-state index contributed by atoms with van der Waals surface area (Å²) in [6.07, 6.45) is 1.93. The normalized spacial score (nSPS) is 16.3. The first kappa shape index (κ1) is 23.4. The van der Waals surface area contributed by atoms with E-state index < -0.39 is 10.0 Å². The molecule has 0 aromatic heterocycles. The third kappa shape index (κ3) is 5.73. The molecule has 1 atom stereocenters. The molecule has 0 bridgehead atoms. The summed E-state index contributed by atoms with van der Waals surface area (Å²) in [5, 5.41) is 6.23. The van der Waals surface area contributed by atoms with E-state index in [1.165, 1.54) is 0 Å². The van der Waals surface area contributed by atoms with Crippen molar-refractivity contribution in [3.05, 3.63) is 59.2 Å². The highest BCUT2D eigenvalue weighted by Crippen LogP contribution is 2.26. The minimum absolute atomic E-state index is 0.104. The first-order valence-electron chi connectivity index (χ1n) is 10.9. The number of aryl methyl sites for hydroxylation is 2. The Labute approximate surface area is 185 Å². The second kappa shape index (κ2) is 9.94. The molecule has 1 saturated heterocycles. The molecule has 31 heavy (non-hydrogen) atoms. The highest BCUT2D eigenvalue weighted by Gasteiger charge is 2.30. The van der Waals surface area contributed by atoms with Crippen LogP contribution >= 0.6 is 0 Å². The van der Waals surface area contributed by atoms with Crippen LogP contribution in [0.15, 0.2) is 47.4 Å². The zero-order valence-electron chi connectivity index (χ0n) is 18.7. The minimum Gasteiger partial charge on any atom is -0.322 e. The van der Waals surface area contributed by atoms with Gasteiger partial charge in [-0.15, -0.1) is 0 Å². The molecule has 3 N–H and O–H groups in total. The van der Waals surface area contributed by atoms with E-state index >= 15 is 0 Å². The number of carbonyl (C=O) groups excluding carboxylic acids is 1. The lowest BCUT2D eigenvalue weighted by molar-refractivity contribution is 0.102. The summed E-state index contributed by atoms with van der Waals surface area (Å²) in [6, 6.07) is 12.1. The summed E-state index contributed by atoms with van der Waals surface area (Å²) < 4.78 is 29.2. The lowest BCUT2D eigenvalue weighted by Crippen LogP contribution is -2.47. The zero-order chi connectivity index (χ0) is 22.6. The van der Waals surface area contributed by atoms with Gasteiger partial charge in [0.05, 0.1) is 4.90 Å². The standard InChI is InChI=1S/C24H33N3O3S/c1-16(2)23(19-11-13-25-14-12-19)27-31(29,30)20-9-10-22(18(4)15-20)26-24(28)21-8-6-5-7-17(21)3/h5-10,15-16,19,23,25,27H,11-14H2,1-4H3,(H,26,28). The van der Waals surface area contributed by atoms with Crippen molar-refractivity contribution in [3.8, 4) is 0 Å². The fraction of sp³-hybridized carbons (Fsp3) is 0.458. The van der Waals surface area contributed by atoms with E-state index in [-0.39, 0.29) is 22.8 Å². The Morgan fingerprint density at radius 3 is 2.32 bits per heavy atom. The average molecular weight is 444 g/mol. The molecule has 1 aliphatic rings. The molecule has 7 heteroatoms. The van der Waals surface area contributed by atoms with Crippen LogP contribution in [0, 0.1) is 25.7 Å². The Bertz CT molecular complexity index is 1030. The number of nitrogens with one attached hydrogen (secondary N) is 3. The molecule has 0 spiro atoms. The van der Waals surface area contributed by atoms with E-state index in [0.717, 1.165) is 31.5 Å². The molecule has 168 valence electrons. The van der Waals surface area contributed by atoms with E-state index in [1.54, 1.807) is 31.2 Å². The minimum atomic E-state index is -3.66. The van der Waals surface area contributed by atoms with E-state index in [1.807, 2.05) is 25.1 Å². The van der Waals surface area contributed by atoms with Crippen LogP contribution in [0.5, 0.6) is 0 Å². The summed E-state index contributed by atoms with van der Waals surface area (Å²) in [6.45, 7) is 9.65. The Balaban J connectivity index is 1.77. The SMILES string of the molecule is Cc1cc(S(=O)(=O)NC(C(C)C)C2CCNCC2)ccc1NC(=O)c1ccccc1C. The summed E-state index contributed by atoms with van der Waals surface area (Å²) in [5.74, 6) is 0.317. The van der Waals surface area contributed by atoms with E-state index in [9.17, 15) is 13.2 Å². The molecule has 2 aromatic rings. The maximum Gasteiger partial charge on any atom is 0.255 e. The molecule has 1 amide bonds. The number of hydrogen-bond acceptors (Lipinski definition) is 4. The molecule has 3 rings (SSSR count). The number of sulfonamides is 1. The van der Waals surface area contributed by atoms with Crippen LogP contribution in [0.25, 0.3) is 0 Å². The Morgan fingerprint density at radius 1 is 1.03 bits per heavy atom. The van der Waals surface area contributed by atoms with E-state index in [2.05, 4.69) is 29.2 Å². The van der Waals surface area contributed by atoms with Gasteiger partial charge in [0, 0.05) is 17.3 Å². The van der Waals surface area contributed by atoms with Crippen LogP contribution in [0.2, 0.25) is 0 Å². The van der Waals surface area contributed by atoms with Gasteiger partial charge in [0.2, 0.25) is 10.0 Å². The lowest BCUT2D eigenvalue weighted by Gasteiger charge is -2.33. The average Bonchev–Trinajstić information content (AvgIpc) is 2.74. The van der Waals surface area contributed by atoms with Crippen molar-refractivity contribution in [2.24, 2.45) is 11.8 Å². The van der Waals surface area contributed by atoms with Crippen molar-refractivity contribution >= 4 is 21.6 Å². The highest BCUT2D eigenvalue weighted by molar-refractivity contribution is 7.89. The molecule has 0 aliphatic carbocycles. The molecule has 1 unspecified atom stereocenters. The molecule has 1 heterocycles. The second-order valence-corrected chi connectivity index (χ2v) is 10.4. The summed E-state index contributed by atoms with van der Waals surface area (Å²) in [7, 11) is -3.66. The van der Waals surface area contributed by atoms with Gasteiger partial charge in [-0.2, -0.15) is 0 Å². The Morgan fingerprint density at radius 2 is 1.71 bits per heavy atom. The molecular weight excluding hydrogens is 410 g/mol. The Kier molecular flexibility index (Phi) is 7.51. The molecule has 1 fully saturated rings. The van der Waals surface area contributed by atoms with E-state index in [4.69, 9.17) is 0 Å². The van der Waals surface area contributed by atoms with Crippen molar-refractivity contribution < 1.29 is 13.2 Å². The third-order valence-electron chi connectivity index (χ3n) is 6.05. The van der Waals surface area contributed by atoms with Crippen LogP contribution < -0.4 is 15.4 Å². The molecule has 0 radical (unpaired) electrons. The molecule has 6 nitrogen and oxygen atoms in total. The number of amides is 1. The fourth-order valence-electron chi connectivity index (χ4n) is 4.19.